The second-order valence-corrected chi connectivity index (χ2v) is 6.57. The Morgan fingerprint density at radius 1 is 1.08 bits per heavy atom. The van der Waals surface area contributed by atoms with Gasteiger partial charge in [-0.05, 0) is 25.9 Å². The molecule has 1 unspecified atom stereocenters. The molecule has 2 N–H and O–H groups in total. The van der Waals surface area contributed by atoms with Gasteiger partial charge in [-0.2, -0.15) is 0 Å². The zero-order chi connectivity index (χ0) is 18.8. The molecule has 0 saturated carbocycles. The molecule has 1 aromatic carbocycles. The standard InChI is InChI=1S/C18H23N3O5/c1-25-13-7-12(8-14(9-13)26-2)21-16(22)10-15(18(21)24)20-5-3-11(4-6-20)17(19)23/h7-9,11,15H,3-6,10H2,1-2H3,(H2,19,23). The number of amides is 3. The van der Waals surface area contributed by atoms with Crippen LogP contribution in [0.3, 0.4) is 0 Å². The summed E-state index contributed by atoms with van der Waals surface area (Å²) in [6, 6.07) is 4.45. The van der Waals surface area contributed by atoms with Crippen molar-refractivity contribution in [1.82, 2.24) is 4.90 Å². The van der Waals surface area contributed by atoms with Gasteiger partial charge in [-0.15, -0.1) is 0 Å². The topological polar surface area (TPSA) is 102 Å². The molecule has 0 bridgehead atoms. The summed E-state index contributed by atoms with van der Waals surface area (Å²) in [6.45, 7) is 1.15. The third-order valence-corrected chi connectivity index (χ3v) is 5.09. The number of carbonyl (C=O) groups excluding carboxylic acids is 3. The first-order valence-electron chi connectivity index (χ1n) is 8.57. The molecule has 2 fully saturated rings. The minimum Gasteiger partial charge on any atom is -0.497 e. The molecule has 3 amide bonds. The Bertz CT molecular complexity index is 705. The van der Waals surface area contributed by atoms with Crippen molar-refractivity contribution in [1.29, 1.82) is 0 Å². The quantitative estimate of drug-likeness (QED) is 0.768. The summed E-state index contributed by atoms with van der Waals surface area (Å²) >= 11 is 0. The fraction of sp³-hybridized carbons (Fsp3) is 0.500. The number of imide groups is 1. The first kappa shape index (κ1) is 18.2. The normalized spacial score (nSPS) is 21.9. The van der Waals surface area contributed by atoms with Gasteiger partial charge in [-0.25, -0.2) is 4.90 Å². The largest absolute Gasteiger partial charge is 0.497 e. The van der Waals surface area contributed by atoms with E-state index in [0.29, 0.717) is 43.1 Å². The lowest BCUT2D eigenvalue weighted by Crippen LogP contribution is -2.47. The lowest BCUT2D eigenvalue weighted by Gasteiger charge is -2.33. The fourth-order valence-electron chi connectivity index (χ4n) is 3.59. The molecule has 0 spiro atoms. The second kappa shape index (κ2) is 7.33. The van der Waals surface area contributed by atoms with Gasteiger partial charge in [0, 0.05) is 24.1 Å². The van der Waals surface area contributed by atoms with Crippen molar-refractivity contribution >= 4 is 23.4 Å². The molecular weight excluding hydrogens is 338 g/mol. The Balaban J connectivity index is 1.79. The highest BCUT2D eigenvalue weighted by Gasteiger charge is 2.44. The van der Waals surface area contributed by atoms with Crippen LogP contribution >= 0.6 is 0 Å². The van der Waals surface area contributed by atoms with Crippen LogP contribution in [0.5, 0.6) is 11.5 Å². The van der Waals surface area contributed by atoms with Crippen molar-refractivity contribution in [3.63, 3.8) is 0 Å². The molecule has 2 aliphatic heterocycles. The first-order chi connectivity index (χ1) is 12.4. The van der Waals surface area contributed by atoms with Gasteiger partial charge < -0.3 is 15.2 Å². The van der Waals surface area contributed by atoms with Crippen LogP contribution in [0, 0.1) is 5.92 Å². The van der Waals surface area contributed by atoms with Gasteiger partial charge in [0.05, 0.1) is 32.4 Å². The van der Waals surface area contributed by atoms with Crippen LogP contribution in [-0.2, 0) is 14.4 Å². The van der Waals surface area contributed by atoms with Crippen molar-refractivity contribution in [2.24, 2.45) is 11.7 Å². The van der Waals surface area contributed by atoms with E-state index in [1.165, 1.54) is 19.1 Å². The molecule has 140 valence electrons. The van der Waals surface area contributed by atoms with E-state index in [-0.39, 0.29) is 30.1 Å². The Kier molecular flexibility index (Phi) is 5.13. The molecule has 1 aromatic rings. The molecule has 2 aliphatic rings. The van der Waals surface area contributed by atoms with Crippen LogP contribution in [0.25, 0.3) is 0 Å². The second-order valence-electron chi connectivity index (χ2n) is 6.57. The zero-order valence-corrected chi connectivity index (χ0v) is 14.9. The van der Waals surface area contributed by atoms with Crippen LogP contribution in [0.15, 0.2) is 18.2 Å². The molecule has 0 aliphatic carbocycles. The van der Waals surface area contributed by atoms with Gasteiger partial charge in [-0.1, -0.05) is 0 Å². The van der Waals surface area contributed by atoms with E-state index in [4.69, 9.17) is 15.2 Å². The predicted molar refractivity (Wildman–Crippen MR) is 93.9 cm³/mol. The minimum absolute atomic E-state index is 0.125. The average Bonchev–Trinajstić information content (AvgIpc) is 2.95. The van der Waals surface area contributed by atoms with E-state index in [0.717, 1.165) is 0 Å². The highest BCUT2D eigenvalue weighted by Crippen LogP contribution is 2.33. The zero-order valence-electron chi connectivity index (χ0n) is 14.9. The first-order valence-corrected chi connectivity index (χ1v) is 8.57. The Morgan fingerprint density at radius 2 is 1.65 bits per heavy atom. The number of nitrogens with two attached hydrogens (primary N) is 1. The number of hydrogen-bond donors (Lipinski definition) is 1. The molecule has 1 atom stereocenters. The third-order valence-electron chi connectivity index (χ3n) is 5.09. The Labute approximate surface area is 151 Å². The van der Waals surface area contributed by atoms with E-state index < -0.39 is 6.04 Å². The molecule has 3 rings (SSSR count). The number of likely N-dealkylation sites (tertiary alicyclic amines) is 1. The van der Waals surface area contributed by atoms with Gasteiger partial charge in [-0.3, -0.25) is 19.3 Å². The van der Waals surface area contributed by atoms with Crippen LogP contribution < -0.4 is 20.1 Å². The number of nitrogens with zero attached hydrogens (tertiary/aromatic N) is 2. The van der Waals surface area contributed by atoms with Crippen LogP contribution in [-0.4, -0.2) is 56.0 Å². The third kappa shape index (κ3) is 3.37. The van der Waals surface area contributed by atoms with Crippen molar-refractivity contribution in [3.8, 4) is 11.5 Å². The van der Waals surface area contributed by atoms with E-state index >= 15 is 0 Å². The minimum atomic E-state index is -0.506. The number of anilines is 1. The monoisotopic (exact) mass is 361 g/mol. The van der Waals surface area contributed by atoms with Crippen molar-refractivity contribution < 1.29 is 23.9 Å². The SMILES string of the molecule is COc1cc(OC)cc(N2C(=O)CC(N3CCC(C(N)=O)CC3)C2=O)c1. The van der Waals surface area contributed by atoms with E-state index in [1.54, 1.807) is 18.2 Å². The maximum Gasteiger partial charge on any atom is 0.251 e. The maximum atomic E-state index is 12.9. The van der Waals surface area contributed by atoms with Gasteiger partial charge in [0.2, 0.25) is 11.8 Å². The molecule has 0 radical (unpaired) electrons. The number of primary amides is 1. The van der Waals surface area contributed by atoms with Crippen LogP contribution in [0.4, 0.5) is 5.69 Å². The number of ether oxygens (including phenoxy) is 2. The summed E-state index contributed by atoms with van der Waals surface area (Å²) in [5, 5.41) is 0. The maximum absolute atomic E-state index is 12.9. The number of piperidine rings is 1. The number of methoxy groups -OCH3 is 2. The summed E-state index contributed by atoms with van der Waals surface area (Å²) < 4.78 is 10.4. The highest BCUT2D eigenvalue weighted by molar-refractivity contribution is 6.22. The van der Waals surface area contributed by atoms with Gasteiger partial charge in [0.25, 0.3) is 5.91 Å². The Morgan fingerprint density at radius 3 is 2.15 bits per heavy atom. The van der Waals surface area contributed by atoms with Gasteiger partial charge in [0.15, 0.2) is 0 Å². The lowest BCUT2D eigenvalue weighted by atomic mass is 9.95. The summed E-state index contributed by atoms with van der Waals surface area (Å²) in [5.41, 5.74) is 5.79. The van der Waals surface area contributed by atoms with Gasteiger partial charge >= 0.3 is 0 Å². The molecule has 8 heteroatoms. The van der Waals surface area contributed by atoms with Crippen molar-refractivity contribution in [2.45, 2.75) is 25.3 Å². The van der Waals surface area contributed by atoms with Crippen molar-refractivity contribution in [2.75, 3.05) is 32.2 Å². The summed E-state index contributed by atoms with van der Waals surface area (Å²) in [4.78, 5) is 39.9. The molecule has 26 heavy (non-hydrogen) atoms. The van der Waals surface area contributed by atoms with Crippen LogP contribution in [0.1, 0.15) is 19.3 Å². The van der Waals surface area contributed by atoms with Crippen molar-refractivity contribution in [3.05, 3.63) is 18.2 Å². The number of hydrogen-bond acceptors (Lipinski definition) is 6. The molecule has 8 nitrogen and oxygen atoms in total. The highest BCUT2D eigenvalue weighted by atomic mass is 16.5. The van der Waals surface area contributed by atoms with E-state index in [2.05, 4.69) is 0 Å². The summed E-state index contributed by atoms with van der Waals surface area (Å²) in [7, 11) is 3.02. The molecule has 0 aromatic heterocycles. The number of carbonyl (C=O) groups is 3. The number of benzene rings is 1. The fourth-order valence-corrected chi connectivity index (χ4v) is 3.59. The lowest BCUT2D eigenvalue weighted by molar-refractivity contribution is -0.124. The smallest absolute Gasteiger partial charge is 0.251 e. The molecule has 2 heterocycles. The summed E-state index contributed by atoms with van der Waals surface area (Å²) in [6.07, 6.45) is 1.35. The van der Waals surface area contributed by atoms with E-state index in [9.17, 15) is 14.4 Å². The molecular formula is C18H23N3O5. The summed E-state index contributed by atoms with van der Waals surface area (Å²) in [5.74, 6) is 0.0345. The average molecular weight is 361 g/mol. The Hall–Kier alpha value is -2.61. The van der Waals surface area contributed by atoms with Gasteiger partial charge in [0.1, 0.15) is 11.5 Å². The number of rotatable bonds is 5. The van der Waals surface area contributed by atoms with Crippen LogP contribution in [0.2, 0.25) is 0 Å². The molecule has 2 saturated heterocycles. The van der Waals surface area contributed by atoms with E-state index in [1.807, 2.05) is 4.90 Å². The predicted octanol–water partition coefficient (Wildman–Crippen LogP) is 0.533.